The first-order valence-electron chi connectivity index (χ1n) is 5.72. The summed E-state index contributed by atoms with van der Waals surface area (Å²) >= 11 is 0. The summed E-state index contributed by atoms with van der Waals surface area (Å²) in [5.74, 6) is -1.53. The molecule has 0 aliphatic carbocycles. The molecule has 0 saturated heterocycles. The highest BCUT2D eigenvalue weighted by Crippen LogP contribution is 2.20. The van der Waals surface area contributed by atoms with E-state index in [0.717, 1.165) is 12.1 Å². The summed E-state index contributed by atoms with van der Waals surface area (Å²) in [6.45, 7) is 3.30. The van der Waals surface area contributed by atoms with Crippen LogP contribution >= 0.6 is 0 Å². The quantitative estimate of drug-likeness (QED) is 0.626. The summed E-state index contributed by atoms with van der Waals surface area (Å²) in [4.78, 5) is 21.9. The van der Waals surface area contributed by atoms with Crippen LogP contribution in [0.4, 0.5) is 10.1 Å². The van der Waals surface area contributed by atoms with Gasteiger partial charge in [0.2, 0.25) is 0 Å². The van der Waals surface area contributed by atoms with E-state index in [1.54, 1.807) is 13.8 Å². The number of hydrogen-bond donors (Lipinski definition) is 2. The molecule has 0 spiro atoms. The summed E-state index contributed by atoms with van der Waals surface area (Å²) in [6, 6.07) is 2.21. The molecule has 0 aliphatic rings. The van der Waals surface area contributed by atoms with E-state index in [9.17, 15) is 19.3 Å². The van der Waals surface area contributed by atoms with Gasteiger partial charge in [0, 0.05) is 0 Å². The predicted octanol–water partition coefficient (Wildman–Crippen LogP) is 1.48. The topological polar surface area (TPSA) is 92.5 Å². The maximum atomic E-state index is 13.0. The Labute approximate surface area is 109 Å². The van der Waals surface area contributed by atoms with Gasteiger partial charge in [-0.1, -0.05) is 13.8 Å². The van der Waals surface area contributed by atoms with Crippen molar-refractivity contribution in [3.63, 3.8) is 0 Å². The zero-order valence-corrected chi connectivity index (χ0v) is 10.6. The number of carbonyl (C=O) groups excluding carboxylic acids is 1. The normalized spacial score (nSPS) is 12.3. The van der Waals surface area contributed by atoms with Crippen LogP contribution in [0.15, 0.2) is 18.2 Å². The number of hydrogen-bond acceptors (Lipinski definition) is 4. The fourth-order valence-electron chi connectivity index (χ4n) is 1.52. The van der Waals surface area contributed by atoms with E-state index in [4.69, 9.17) is 5.11 Å². The minimum absolute atomic E-state index is 0.0338. The van der Waals surface area contributed by atoms with Crippen molar-refractivity contribution in [2.75, 3.05) is 6.61 Å². The highest BCUT2D eigenvalue weighted by Gasteiger charge is 2.23. The van der Waals surface area contributed by atoms with E-state index >= 15 is 0 Å². The van der Waals surface area contributed by atoms with Gasteiger partial charge in [-0.25, -0.2) is 4.39 Å². The molecule has 1 aromatic carbocycles. The molecule has 0 aliphatic heterocycles. The lowest BCUT2D eigenvalue weighted by molar-refractivity contribution is -0.385. The summed E-state index contributed by atoms with van der Waals surface area (Å²) in [5, 5.41) is 22.4. The van der Waals surface area contributed by atoms with E-state index in [1.807, 2.05) is 0 Å². The van der Waals surface area contributed by atoms with Gasteiger partial charge in [-0.15, -0.1) is 0 Å². The second-order valence-electron chi connectivity index (χ2n) is 4.43. The third-order valence-corrected chi connectivity index (χ3v) is 2.72. The summed E-state index contributed by atoms with van der Waals surface area (Å²) in [6.07, 6.45) is 0. The van der Waals surface area contributed by atoms with Crippen LogP contribution in [0.3, 0.4) is 0 Å². The molecule has 0 aromatic heterocycles. The van der Waals surface area contributed by atoms with Crippen LogP contribution in [0.2, 0.25) is 0 Å². The van der Waals surface area contributed by atoms with Gasteiger partial charge in [0.1, 0.15) is 11.4 Å². The van der Waals surface area contributed by atoms with Crippen LogP contribution in [0.1, 0.15) is 24.2 Å². The fourth-order valence-corrected chi connectivity index (χ4v) is 1.52. The third kappa shape index (κ3) is 3.72. The average Bonchev–Trinajstić information content (AvgIpc) is 2.34. The lowest BCUT2D eigenvalue weighted by atomic mass is 10.0. The molecule has 1 atom stereocenters. The molecule has 2 N–H and O–H groups in total. The molecule has 19 heavy (non-hydrogen) atoms. The van der Waals surface area contributed by atoms with Crippen LogP contribution < -0.4 is 5.32 Å². The standard InChI is InChI=1S/C12H15FN2O4/c1-7(2)10(6-16)14-12(17)9-4-3-8(13)5-11(9)15(18)19/h3-5,7,10,16H,6H2,1-2H3,(H,14,17). The van der Waals surface area contributed by atoms with E-state index in [2.05, 4.69) is 5.32 Å². The number of halogens is 1. The highest BCUT2D eigenvalue weighted by atomic mass is 19.1. The lowest BCUT2D eigenvalue weighted by Gasteiger charge is -2.19. The van der Waals surface area contributed by atoms with Crippen LogP contribution in [-0.4, -0.2) is 28.6 Å². The zero-order valence-electron chi connectivity index (χ0n) is 10.6. The molecule has 0 bridgehead atoms. The minimum Gasteiger partial charge on any atom is -0.394 e. The monoisotopic (exact) mass is 270 g/mol. The zero-order chi connectivity index (χ0) is 14.6. The van der Waals surface area contributed by atoms with Crippen molar-refractivity contribution in [1.82, 2.24) is 5.32 Å². The Morgan fingerprint density at radius 1 is 1.53 bits per heavy atom. The molecule has 0 radical (unpaired) electrons. The molecule has 1 aromatic rings. The number of nitro benzene ring substituents is 1. The van der Waals surface area contributed by atoms with Crippen LogP contribution in [0, 0.1) is 21.8 Å². The van der Waals surface area contributed by atoms with Gasteiger partial charge in [-0.2, -0.15) is 0 Å². The summed E-state index contributed by atoms with van der Waals surface area (Å²) in [5.41, 5.74) is -0.830. The van der Waals surface area contributed by atoms with Crippen LogP contribution in [0.25, 0.3) is 0 Å². The van der Waals surface area contributed by atoms with Crippen molar-refractivity contribution in [2.45, 2.75) is 19.9 Å². The van der Waals surface area contributed by atoms with Gasteiger partial charge in [0.15, 0.2) is 0 Å². The number of benzene rings is 1. The van der Waals surface area contributed by atoms with Crippen molar-refractivity contribution in [1.29, 1.82) is 0 Å². The SMILES string of the molecule is CC(C)C(CO)NC(=O)c1ccc(F)cc1[N+](=O)[O-]. The molecule has 1 unspecified atom stereocenters. The summed E-state index contributed by atoms with van der Waals surface area (Å²) < 4.78 is 13.0. The van der Waals surface area contributed by atoms with Gasteiger partial charge in [0.25, 0.3) is 11.6 Å². The fraction of sp³-hybridized carbons (Fsp3) is 0.417. The third-order valence-electron chi connectivity index (χ3n) is 2.72. The Kier molecular flexibility index (Phi) is 4.94. The minimum atomic E-state index is -0.818. The average molecular weight is 270 g/mol. The molecule has 1 amide bonds. The van der Waals surface area contributed by atoms with Crippen LogP contribution in [-0.2, 0) is 0 Å². The molecule has 104 valence electrons. The van der Waals surface area contributed by atoms with Crippen molar-refractivity contribution < 1.29 is 19.2 Å². The van der Waals surface area contributed by atoms with E-state index < -0.39 is 28.4 Å². The number of carbonyl (C=O) groups is 1. The first-order chi connectivity index (χ1) is 8.86. The van der Waals surface area contributed by atoms with Gasteiger partial charge >= 0.3 is 0 Å². The number of nitrogens with zero attached hydrogens (tertiary/aromatic N) is 1. The van der Waals surface area contributed by atoms with Gasteiger partial charge in [0.05, 0.1) is 23.6 Å². The molecular formula is C12H15FN2O4. The molecule has 1 rings (SSSR count). The van der Waals surface area contributed by atoms with Crippen molar-refractivity contribution in [3.05, 3.63) is 39.7 Å². The van der Waals surface area contributed by atoms with Crippen molar-refractivity contribution in [2.24, 2.45) is 5.92 Å². The predicted molar refractivity (Wildman–Crippen MR) is 66.2 cm³/mol. The molecule has 0 heterocycles. The highest BCUT2D eigenvalue weighted by molar-refractivity contribution is 5.98. The number of aliphatic hydroxyl groups is 1. The second-order valence-corrected chi connectivity index (χ2v) is 4.43. The van der Waals surface area contributed by atoms with E-state index in [0.29, 0.717) is 6.07 Å². The second kappa shape index (κ2) is 6.24. The van der Waals surface area contributed by atoms with Gasteiger partial charge in [-0.05, 0) is 18.1 Å². The van der Waals surface area contributed by atoms with Crippen molar-refractivity contribution >= 4 is 11.6 Å². The van der Waals surface area contributed by atoms with Gasteiger partial charge < -0.3 is 10.4 Å². The van der Waals surface area contributed by atoms with Gasteiger partial charge in [-0.3, -0.25) is 14.9 Å². The van der Waals surface area contributed by atoms with E-state index in [-0.39, 0.29) is 18.1 Å². The van der Waals surface area contributed by atoms with Crippen molar-refractivity contribution in [3.8, 4) is 0 Å². The Hall–Kier alpha value is -2.02. The number of nitro groups is 1. The maximum Gasteiger partial charge on any atom is 0.285 e. The first kappa shape index (κ1) is 15.0. The maximum absolute atomic E-state index is 13.0. The Balaban J connectivity index is 3.03. The molecule has 0 saturated carbocycles. The number of nitrogens with one attached hydrogen (secondary N) is 1. The van der Waals surface area contributed by atoms with Crippen LogP contribution in [0.5, 0.6) is 0 Å². The molecule has 6 nitrogen and oxygen atoms in total. The number of amides is 1. The molecule has 0 fully saturated rings. The smallest absolute Gasteiger partial charge is 0.285 e. The lowest BCUT2D eigenvalue weighted by Crippen LogP contribution is -2.41. The largest absolute Gasteiger partial charge is 0.394 e. The number of rotatable bonds is 5. The molecular weight excluding hydrogens is 255 g/mol. The van der Waals surface area contributed by atoms with E-state index in [1.165, 1.54) is 0 Å². The Bertz CT molecular complexity index is 491. The summed E-state index contributed by atoms with van der Waals surface area (Å²) in [7, 11) is 0. The Morgan fingerprint density at radius 2 is 2.16 bits per heavy atom. The molecule has 7 heteroatoms. The number of aliphatic hydroxyl groups excluding tert-OH is 1. The Morgan fingerprint density at radius 3 is 2.63 bits per heavy atom. The first-order valence-corrected chi connectivity index (χ1v) is 5.72.